The molecule has 1 atom stereocenters. The summed E-state index contributed by atoms with van der Waals surface area (Å²) < 4.78 is 12.2. The Hall–Kier alpha value is -3.38. The minimum absolute atomic E-state index is 0.251. The van der Waals surface area contributed by atoms with Crippen LogP contribution in [0, 0.1) is 19.3 Å². The molecule has 40 heavy (non-hydrogen) atoms. The highest BCUT2D eigenvalue weighted by Gasteiger charge is 2.36. The van der Waals surface area contributed by atoms with Gasteiger partial charge in [0.05, 0.1) is 17.9 Å². The van der Waals surface area contributed by atoms with Crippen LogP contribution in [0.4, 0.5) is 5.69 Å². The van der Waals surface area contributed by atoms with E-state index < -0.39 is 17.7 Å². The van der Waals surface area contributed by atoms with Crippen LogP contribution >= 0.6 is 0 Å². The van der Waals surface area contributed by atoms with Crippen LogP contribution in [-0.2, 0) is 16.0 Å². The maximum atomic E-state index is 12.7. The average molecular weight is 545 g/mol. The van der Waals surface area contributed by atoms with Gasteiger partial charge in [-0.15, -0.1) is 0 Å². The SMILES string of the molecule is Cc1nc(C)c(C(OC(C)(C)C)C(=O)O)c(N2CCC(C)(C)CC2)c1-c1ccc(OCCc2ccccc2)cc1. The van der Waals surface area contributed by atoms with Crippen molar-refractivity contribution in [2.45, 2.75) is 79.4 Å². The Labute approximate surface area is 239 Å². The van der Waals surface area contributed by atoms with E-state index >= 15 is 0 Å². The largest absolute Gasteiger partial charge is 0.493 e. The van der Waals surface area contributed by atoms with Crippen molar-refractivity contribution in [3.05, 3.63) is 77.1 Å². The third-order valence-corrected chi connectivity index (χ3v) is 7.62. The number of hydrogen-bond acceptors (Lipinski definition) is 5. The fourth-order valence-electron chi connectivity index (χ4n) is 5.40. The molecule has 1 aliphatic heterocycles. The van der Waals surface area contributed by atoms with Gasteiger partial charge in [0.15, 0.2) is 6.10 Å². The number of aliphatic carboxylic acids is 1. The molecule has 0 saturated carbocycles. The molecule has 1 saturated heterocycles. The summed E-state index contributed by atoms with van der Waals surface area (Å²) in [5, 5.41) is 10.4. The van der Waals surface area contributed by atoms with Crippen LogP contribution in [0.15, 0.2) is 54.6 Å². The molecule has 1 aliphatic rings. The molecule has 6 nitrogen and oxygen atoms in total. The van der Waals surface area contributed by atoms with Crippen molar-refractivity contribution < 1.29 is 19.4 Å². The fraction of sp³-hybridized carbons (Fsp3) is 0.471. The van der Waals surface area contributed by atoms with E-state index in [1.807, 2.05) is 65.0 Å². The highest BCUT2D eigenvalue weighted by atomic mass is 16.5. The van der Waals surface area contributed by atoms with Gasteiger partial charge in [-0.1, -0.05) is 56.3 Å². The Morgan fingerprint density at radius 3 is 2.20 bits per heavy atom. The summed E-state index contributed by atoms with van der Waals surface area (Å²) in [6.45, 7) is 16.5. The van der Waals surface area contributed by atoms with Crippen molar-refractivity contribution in [1.82, 2.24) is 4.98 Å². The molecule has 0 radical (unpaired) electrons. The van der Waals surface area contributed by atoms with Crippen LogP contribution in [0.3, 0.4) is 0 Å². The minimum atomic E-state index is -1.13. The van der Waals surface area contributed by atoms with Crippen LogP contribution in [0.1, 0.15) is 76.1 Å². The van der Waals surface area contributed by atoms with Gasteiger partial charge in [0.25, 0.3) is 0 Å². The van der Waals surface area contributed by atoms with Crippen molar-refractivity contribution in [3.8, 4) is 16.9 Å². The Bertz CT molecular complexity index is 1300. The summed E-state index contributed by atoms with van der Waals surface area (Å²) in [7, 11) is 0. The second-order valence-electron chi connectivity index (χ2n) is 12.6. The fourth-order valence-corrected chi connectivity index (χ4v) is 5.40. The quantitative estimate of drug-likeness (QED) is 0.300. The predicted molar refractivity (Wildman–Crippen MR) is 161 cm³/mol. The smallest absolute Gasteiger partial charge is 0.337 e. The van der Waals surface area contributed by atoms with E-state index in [4.69, 9.17) is 14.5 Å². The molecule has 6 heteroatoms. The maximum Gasteiger partial charge on any atom is 0.337 e. The van der Waals surface area contributed by atoms with Gasteiger partial charge in [0.2, 0.25) is 0 Å². The van der Waals surface area contributed by atoms with Gasteiger partial charge in [0, 0.05) is 42.0 Å². The standard InChI is InChI=1S/C34H44N2O4/c1-23-28(26-13-15-27(16-14-26)39-22-17-25-11-9-8-10-12-25)30(36-20-18-34(6,7)19-21-36)29(24(2)35-23)31(32(37)38)40-33(3,4)5/h8-16,31H,17-22H2,1-7H3,(H,37,38). The summed E-state index contributed by atoms with van der Waals surface area (Å²) in [5.41, 5.74) is 5.94. The lowest BCUT2D eigenvalue weighted by Gasteiger charge is -2.41. The molecular weight excluding hydrogens is 500 g/mol. The number of pyridine rings is 1. The number of aryl methyl sites for hydroxylation is 2. The number of rotatable bonds is 9. The number of carboxylic acids is 1. The van der Waals surface area contributed by atoms with E-state index in [0.717, 1.165) is 60.6 Å². The minimum Gasteiger partial charge on any atom is -0.493 e. The highest BCUT2D eigenvalue weighted by Crippen LogP contribution is 2.45. The van der Waals surface area contributed by atoms with Crippen LogP contribution in [-0.4, -0.2) is 41.4 Å². The molecule has 1 unspecified atom stereocenters. The summed E-state index contributed by atoms with van der Waals surface area (Å²) in [6.07, 6.45) is 1.76. The number of carboxylic acid groups (broad SMARTS) is 1. The van der Waals surface area contributed by atoms with Gasteiger partial charge >= 0.3 is 5.97 Å². The van der Waals surface area contributed by atoms with Crippen molar-refractivity contribution in [2.75, 3.05) is 24.6 Å². The van der Waals surface area contributed by atoms with Gasteiger partial charge in [0.1, 0.15) is 5.75 Å². The molecule has 0 spiro atoms. The Morgan fingerprint density at radius 2 is 1.62 bits per heavy atom. The monoisotopic (exact) mass is 544 g/mol. The summed E-state index contributed by atoms with van der Waals surface area (Å²) in [4.78, 5) is 19.9. The van der Waals surface area contributed by atoms with Crippen molar-refractivity contribution in [2.24, 2.45) is 5.41 Å². The predicted octanol–water partition coefficient (Wildman–Crippen LogP) is 7.55. The van der Waals surface area contributed by atoms with Gasteiger partial charge < -0.3 is 19.5 Å². The van der Waals surface area contributed by atoms with Gasteiger partial charge in [-0.25, -0.2) is 4.79 Å². The molecular formula is C34H44N2O4. The summed E-state index contributed by atoms with van der Waals surface area (Å²) >= 11 is 0. The summed E-state index contributed by atoms with van der Waals surface area (Å²) in [6, 6.07) is 18.4. The Balaban J connectivity index is 1.74. The second-order valence-corrected chi connectivity index (χ2v) is 12.6. The molecule has 2 heterocycles. The van der Waals surface area contributed by atoms with Crippen molar-refractivity contribution in [3.63, 3.8) is 0 Å². The first-order valence-corrected chi connectivity index (χ1v) is 14.3. The molecule has 214 valence electrons. The van der Waals surface area contributed by atoms with Crippen LogP contribution in [0.25, 0.3) is 11.1 Å². The number of benzene rings is 2. The van der Waals surface area contributed by atoms with Crippen LogP contribution < -0.4 is 9.64 Å². The molecule has 0 bridgehead atoms. The van der Waals surface area contributed by atoms with E-state index in [1.165, 1.54) is 5.56 Å². The van der Waals surface area contributed by atoms with Crippen molar-refractivity contribution >= 4 is 11.7 Å². The van der Waals surface area contributed by atoms with E-state index in [0.29, 0.717) is 17.9 Å². The van der Waals surface area contributed by atoms with Crippen LogP contribution in [0.2, 0.25) is 0 Å². The second kappa shape index (κ2) is 12.0. The number of nitrogens with zero attached hydrogens (tertiary/aromatic N) is 2. The first kappa shape index (κ1) is 29.6. The summed E-state index contributed by atoms with van der Waals surface area (Å²) in [5.74, 6) is -0.200. The van der Waals surface area contributed by atoms with Crippen LogP contribution in [0.5, 0.6) is 5.75 Å². The van der Waals surface area contributed by atoms with Gasteiger partial charge in [-0.2, -0.15) is 0 Å². The lowest BCUT2D eigenvalue weighted by molar-refractivity contribution is -0.160. The first-order valence-electron chi connectivity index (χ1n) is 14.3. The average Bonchev–Trinajstić information content (AvgIpc) is 2.88. The molecule has 1 aromatic heterocycles. The zero-order chi connectivity index (χ0) is 29.1. The zero-order valence-corrected chi connectivity index (χ0v) is 25.1. The molecule has 0 aliphatic carbocycles. The Morgan fingerprint density at radius 1 is 1.00 bits per heavy atom. The van der Waals surface area contributed by atoms with E-state index in [1.54, 1.807) is 0 Å². The molecule has 3 aromatic rings. The Kier molecular flexibility index (Phi) is 8.89. The van der Waals surface area contributed by atoms with Gasteiger partial charge in [-0.05, 0) is 76.1 Å². The third-order valence-electron chi connectivity index (χ3n) is 7.62. The van der Waals surface area contributed by atoms with Gasteiger partial charge in [-0.3, -0.25) is 4.98 Å². The molecule has 1 fully saturated rings. The van der Waals surface area contributed by atoms with E-state index in [-0.39, 0.29) is 5.41 Å². The van der Waals surface area contributed by atoms with E-state index in [2.05, 4.69) is 43.0 Å². The molecule has 0 amide bonds. The topological polar surface area (TPSA) is 71.9 Å². The van der Waals surface area contributed by atoms with E-state index in [9.17, 15) is 9.90 Å². The third kappa shape index (κ3) is 7.22. The number of ether oxygens (including phenoxy) is 2. The maximum absolute atomic E-state index is 12.7. The first-order chi connectivity index (χ1) is 18.8. The number of piperidine rings is 1. The lowest BCUT2D eigenvalue weighted by Crippen LogP contribution is -2.39. The lowest BCUT2D eigenvalue weighted by atomic mass is 9.82. The highest BCUT2D eigenvalue weighted by molar-refractivity contribution is 5.88. The molecule has 4 rings (SSSR count). The number of carbonyl (C=O) groups is 1. The molecule has 1 N–H and O–H groups in total. The normalized spacial score (nSPS) is 16.0. The number of hydrogen-bond donors (Lipinski definition) is 1. The van der Waals surface area contributed by atoms with Crippen molar-refractivity contribution in [1.29, 1.82) is 0 Å². The number of aromatic nitrogens is 1. The zero-order valence-electron chi connectivity index (χ0n) is 25.1. The number of anilines is 1. The molecule has 2 aromatic carbocycles.